The first-order valence-electron chi connectivity index (χ1n) is 4.40. The van der Waals surface area contributed by atoms with Crippen molar-refractivity contribution < 1.29 is 8.42 Å². The lowest BCUT2D eigenvalue weighted by atomic mass is 10.1. The number of halogens is 1. The van der Waals surface area contributed by atoms with Crippen molar-refractivity contribution >= 4 is 21.6 Å². The Bertz CT molecular complexity index is 237. The standard InChI is InChI=1S/C8H18ClNO2S/c1-6(2)8(9)5-10-13(11,12)7(3)4/h6-8,10H,5H2,1-4H3. The van der Waals surface area contributed by atoms with Crippen molar-refractivity contribution in [1.82, 2.24) is 4.72 Å². The molecule has 0 bridgehead atoms. The third-order valence-corrected chi connectivity index (χ3v) is 4.29. The summed E-state index contributed by atoms with van der Waals surface area (Å²) in [5, 5.41) is -0.544. The van der Waals surface area contributed by atoms with E-state index in [1.165, 1.54) is 0 Å². The van der Waals surface area contributed by atoms with E-state index in [1.54, 1.807) is 13.8 Å². The van der Waals surface area contributed by atoms with E-state index in [2.05, 4.69) is 4.72 Å². The number of rotatable bonds is 5. The quantitative estimate of drug-likeness (QED) is 0.725. The summed E-state index contributed by atoms with van der Waals surface area (Å²) in [6.45, 7) is 7.50. The van der Waals surface area contributed by atoms with Crippen LogP contribution in [-0.2, 0) is 10.0 Å². The Morgan fingerprint density at radius 1 is 1.23 bits per heavy atom. The summed E-state index contributed by atoms with van der Waals surface area (Å²) in [6, 6.07) is 0. The number of hydrogen-bond donors (Lipinski definition) is 1. The first-order chi connectivity index (χ1) is 5.77. The molecule has 0 aromatic heterocycles. The van der Waals surface area contributed by atoms with Crippen molar-refractivity contribution in [2.24, 2.45) is 5.92 Å². The van der Waals surface area contributed by atoms with E-state index in [0.717, 1.165) is 0 Å². The van der Waals surface area contributed by atoms with Gasteiger partial charge < -0.3 is 0 Å². The largest absolute Gasteiger partial charge is 0.214 e. The third kappa shape index (κ3) is 4.84. The number of nitrogens with one attached hydrogen (secondary N) is 1. The first-order valence-corrected chi connectivity index (χ1v) is 6.38. The van der Waals surface area contributed by atoms with Crippen LogP contribution in [0.3, 0.4) is 0 Å². The summed E-state index contributed by atoms with van der Waals surface area (Å²) in [5.74, 6) is 0.275. The van der Waals surface area contributed by atoms with E-state index in [-0.39, 0.29) is 11.3 Å². The van der Waals surface area contributed by atoms with Crippen molar-refractivity contribution in [1.29, 1.82) is 0 Å². The molecule has 0 aromatic rings. The number of hydrogen-bond acceptors (Lipinski definition) is 2. The van der Waals surface area contributed by atoms with Crippen LogP contribution < -0.4 is 4.72 Å². The Morgan fingerprint density at radius 2 is 1.69 bits per heavy atom. The highest BCUT2D eigenvalue weighted by Gasteiger charge is 2.18. The molecule has 0 rings (SSSR count). The molecule has 0 aliphatic rings. The molecule has 0 spiro atoms. The molecule has 0 heterocycles. The van der Waals surface area contributed by atoms with Gasteiger partial charge in [-0.3, -0.25) is 0 Å². The second kappa shape index (κ2) is 5.17. The Balaban J connectivity index is 4.04. The molecule has 13 heavy (non-hydrogen) atoms. The lowest BCUT2D eigenvalue weighted by molar-refractivity contribution is 0.550. The van der Waals surface area contributed by atoms with Gasteiger partial charge in [0.2, 0.25) is 10.0 Å². The van der Waals surface area contributed by atoms with Crippen LogP contribution in [0.25, 0.3) is 0 Å². The summed E-state index contributed by atoms with van der Waals surface area (Å²) in [5.41, 5.74) is 0. The van der Waals surface area contributed by atoms with Crippen LogP contribution in [0.15, 0.2) is 0 Å². The van der Waals surface area contributed by atoms with Gasteiger partial charge in [0.15, 0.2) is 0 Å². The van der Waals surface area contributed by atoms with Gasteiger partial charge in [-0.2, -0.15) is 0 Å². The van der Waals surface area contributed by atoms with Crippen molar-refractivity contribution in [3.05, 3.63) is 0 Å². The molecule has 80 valence electrons. The fourth-order valence-electron chi connectivity index (χ4n) is 0.598. The monoisotopic (exact) mass is 227 g/mol. The van der Waals surface area contributed by atoms with Crippen molar-refractivity contribution in [3.63, 3.8) is 0 Å². The van der Waals surface area contributed by atoms with Gasteiger partial charge in [0.1, 0.15) is 0 Å². The minimum atomic E-state index is -3.16. The molecular formula is C8H18ClNO2S. The SMILES string of the molecule is CC(C)C(Cl)CNS(=O)(=O)C(C)C. The van der Waals surface area contributed by atoms with E-state index in [9.17, 15) is 8.42 Å². The van der Waals surface area contributed by atoms with Crippen molar-refractivity contribution in [2.45, 2.75) is 38.3 Å². The fourth-order valence-corrected chi connectivity index (χ4v) is 1.51. The van der Waals surface area contributed by atoms with E-state index < -0.39 is 15.3 Å². The van der Waals surface area contributed by atoms with E-state index >= 15 is 0 Å². The maximum atomic E-state index is 11.3. The summed E-state index contributed by atoms with van der Waals surface area (Å²) >= 11 is 5.90. The summed E-state index contributed by atoms with van der Waals surface area (Å²) in [6.07, 6.45) is 0. The van der Waals surface area contributed by atoms with Gasteiger partial charge in [-0.1, -0.05) is 13.8 Å². The van der Waals surface area contributed by atoms with Gasteiger partial charge in [0, 0.05) is 11.9 Å². The Kier molecular flexibility index (Phi) is 5.25. The maximum absolute atomic E-state index is 11.3. The smallest absolute Gasteiger partial charge is 0.213 e. The van der Waals surface area contributed by atoms with Crippen LogP contribution in [0.2, 0.25) is 0 Å². The van der Waals surface area contributed by atoms with Crippen LogP contribution in [0.4, 0.5) is 0 Å². The minimum absolute atomic E-state index is 0.145. The third-order valence-electron chi connectivity index (χ3n) is 1.82. The highest BCUT2D eigenvalue weighted by atomic mass is 35.5. The number of sulfonamides is 1. The van der Waals surface area contributed by atoms with Crippen LogP contribution >= 0.6 is 11.6 Å². The Hall–Kier alpha value is 0.200. The highest BCUT2D eigenvalue weighted by Crippen LogP contribution is 2.08. The topological polar surface area (TPSA) is 46.2 Å². The second-order valence-corrected chi connectivity index (χ2v) is 6.58. The second-order valence-electron chi connectivity index (χ2n) is 3.70. The molecule has 0 fully saturated rings. The predicted octanol–water partition coefficient (Wildman–Crippen LogP) is 1.58. The zero-order chi connectivity index (χ0) is 10.6. The number of alkyl halides is 1. The molecule has 0 saturated heterocycles. The van der Waals surface area contributed by atoms with Crippen LogP contribution in [0.5, 0.6) is 0 Å². The average molecular weight is 228 g/mol. The molecule has 5 heteroatoms. The van der Waals surface area contributed by atoms with E-state index in [4.69, 9.17) is 11.6 Å². The van der Waals surface area contributed by atoms with Crippen molar-refractivity contribution in [2.75, 3.05) is 6.54 Å². The Morgan fingerprint density at radius 3 is 2.00 bits per heavy atom. The maximum Gasteiger partial charge on any atom is 0.213 e. The fraction of sp³-hybridized carbons (Fsp3) is 1.00. The summed E-state index contributed by atoms with van der Waals surface area (Å²) in [4.78, 5) is 0. The molecule has 0 saturated carbocycles. The molecule has 0 amide bonds. The lowest BCUT2D eigenvalue weighted by Gasteiger charge is -2.15. The van der Waals surface area contributed by atoms with Crippen LogP contribution in [0.1, 0.15) is 27.7 Å². The van der Waals surface area contributed by atoms with Gasteiger partial charge in [-0.05, 0) is 19.8 Å². The van der Waals surface area contributed by atoms with Gasteiger partial charge in [-0.15, -0.1) is 11.6 Å². The molecule has 3 nitrogen and oxygen atoms in total. The van der Waals surface area contributed by atoms with E-state index in [1.807, 2.05) is 13.8 Å². The van der Waals surface area contributed by atoms with Gasteiger partial charge >= 0.3 is 0 Å². The molecule has 1 N–H and O–H groups in total. The zero-order valence-corrected chi connectivity index (χ0v) is 10.1. The summed E-state index contributed by atoms with van der Waals surface area (Å²) < 4.78 is 25.1. The van der Waals surface area contributed by atoms with E-state index in [0.29, 0.717) is 6.54 Å². The van der Waals surface area contributed by atoms with Crippen molar-refractivity contribution in [3.8, 4) is 0 Å². The lowest BCUT2D eigenvalue weighted by Crippen LogP contribution is -2.36. The zero-order valence-electron chi connectivity index (χ0n) is 8.54. The molecule has 1 unspecified atom stereocenters. The predicted molar refractivity (Wildman–Crippen MR) is 56.5 cm³/mol. The molecule has 1 atom stereocenters. The van der Waals surface area contributed by atoms with Gasteiger partial charge in [0.05, 0.1) is 5.25 Å². The first kappa shape index (κ1) is 13.2. The van der Waals surface area contributed by atoms with Crippen LogP contribution in [-0.4, -0.2) is 25.6 Å². The van der Waals surface area contributed by atoms with Gasteiger partial charge in [0.25, 0.3) is 0 Å². The summed E-state index contributed by atoms with van der Waals surface area (Å²) in [7, 11) is -3.16. The van der Waals surface area contributed by atoms with Gasteiger partial charge in [-0.25, -0.2) is 13.1 Å². The van der Waals surface area contributed by atoms with Crippen LogP contribution in [0, 0.1) is 5.92 Å². The molecule has 0 aliphatic carbocycles. The average Bonchev–Trinajstić information content (AvgIpc) is 1.99. The normalized spacial score (nSPS) is 15.3. The molecular weight excluding hydrogens is 210 g/mol. The minimum Gasteiger partial charge on any atom is -0.214 e. The molecule has 0 aliphatic heterocycles. The molecule has 0 aromatic carbocycles. The highest BCUT2D eigenvalue weighted by molar-refractivity contribution is 7.90. The molecule has 0 radical (unpaired) electrons. The Labute approximate surface area is 85.9 Å².